The van der Waals surface area contributed by atoms with Gasteiger partial charge in [-0.05, 0) is 26.7 Å². The van der Waals surface area contributed by atoms with Crippen molar-refractivity contribution in [2.45, 2.75) is 40.7 Å². The molecule has 0 aliphatic carbocycles. The number of rotatable bonds is 6. The zero-order valence-corrected chi connectivity index (χ0v) is 13.1. The second-order valence-corrected chi connectivity index (χ2v) is 5.00. The quantitative estimate of drug-likeness (QED) is 0.599. The van der Waals surface area contributed by atoms with Gasteiger partial charge in [-0.3, -0.25) is 0 Å². The Kier molecular flexibility index (Phi) is 11.6. The minimum absolute atomic E-state index is 0.0334. The van der Waals surface area contributed by atoms with E-state index >= 15 is 0 Å². The highest BCUT2D eigenvalue weighted by molar-refractivity contribution is 5.87. The fourth-order valence-corrected chi connectivity index (χ4v) is 0.685. The Bertz CT molecular complexity index is 308. The Balaban J connectivity index is 0. The van der Waals surface area contributed by atoms with Crippen LogP contribution >= 0.6 is 0 Å². The van der Waals surface area contributed by atoms with Crippen LogP contribution in [0.2, 0.25) is 0 Å². The number of aliphatic hydroxyl groups is 1. The van der Waals surface area contributed by atoms with Crippen molar-refractivity contribution in [1.82, 2.24) is 0 Å². The molecule has 0 aromatic heterocycles. The van der Waals surface area contributed by atoms with Crippen LogP contribution in [0.5, 0.6) is 0 Å². The summed E-state index contributed by atoms with van der Waals surface area (Å²) in [7, 11) is 0. The first-order chi connectivity index (χ1) is 9.07. The Labute approximate surface area is 121 Å². The number of carbonyl (C=O) groups is 2. The molecule has 1 unspecified atom stereocenters. The zero-order valence-electron chi connectivity index (χ0n) is 13.1. The van der Waals surface area contributed by atoms with Crippen molar-refractivity contribution in [3.05, 3.63) is 24.3 Å². The Morgan fingerprint density at radius 3 is 1.55 bits per heavy atom. The van der Waals surface area contributed by atoms with Crippen molar-refractivity contribution in [2.24, 2.45) is 5.92 Å². The maximum atomic E-state index is 10.7. The number of hydrogen-bond acceptors (Lipinski definition) is 5. The van der Waals surface area contributed by atoms with Gasteiger partial charge in [0, 0.05) is 11.1 Å². The summed E-state index contributed by atoms with van der Waals surface area (Å²) in [6.07, 6.45) is -0.608. The first kappa shape index (κ1) is 20.7. The summed E-state index contributed by atoms with van der Waals surface area (Å²) in [5.41, 5.74) is 0.807. The summed E-state index contributed by atoms with van der Waals surface area (Å²) in [5, 5.41) is 8.68. The molecule has 5 nitrogen and oxygen atoms in total. The first-order valence-electron chi connectivity index (χ1n) is 6.41. The largest absolute Gasteiger partial charge is 0.462 e. The maximum Gasteiger partial charge on any atom is 0.333 e. The van der Waals surface area contributed by atoms with Crippen molar-refractivity contribution in [3.63, 3.8) is 0 Å². The third kappa shape index (κ3) is 14.4. The minimum atomic E-state index is -0.608. The van der Waals surface area contributed by atoms with E-state index in [-0.39, 0.29) is 12.6 Å². The summed E-state index contributed by atoms with van der Waals surface area (Å²) >= 11 is 0. The van der Waals surface area contributed by atoms with E-state index in [1.165, 1.54) is 0 Å². The van der Waals surface area contributed by atoms with Crippen molar-refractivity contribution in [3.8, 4) is 0 Å². The molecule has 1 N–H and O–H groups in total. The molecule has 0 bridgehead atoms. The lowest BCUT2D eigenvalue weighted by molar-refractivity contribution is -0.141. The topological polar surface area (TPSA) is 72.8 Å². The van der Waals surface area contributed by atoms with Gasteiger partial charge in [-0.2, -0.15) is 0 Å². The van der Waals surface area contributed by atoms with Crippen LogP contribution in [0.3, 0.4) is 0 Å². The van der Waals surface area contributed by atoms with E-state index < -0.39 is 12.1 Å². The third-order valence-corrected chi connectivity index (χ3v) is 1.70. The summed E-state index contributed by atoms with van der Waals surface area (Å²) in [5.74, 6) is -0.363. The first-order valence-corrected chi connectivity index (χ1v) is 6.41. The summed E-state index contributed by atoms with van der Waals surface area (Å²) in [4.78, 5) is 21.3. The molecule has 20 heavy (non-hydrogen) atoms. The molecular weight excluding hydrogens is 260 g/mol. The van der Waals surface area contributed by atoms with Crippen LogP contribution in [0.4, 0.5) is 0 Å². The monoisotopic (exact) mass is 286 g/mol. The van der Waals surface area contributed by atoms with Gasteiger partial charge in [-0.15, -0.1) is 0 Å². The highest BCUT2D eigenvalue weighted by Crippen LogP contribution is 1.97. The second-order valence-electron chi connectivity index (χ2n) is 5.00. The van der Waals surface area contributed by atoms with Crippen LogP contribution in [0, 0.1) is 5.92 Å². The van der Waals surface area contributed by atoms with E-state index in [4.69, 9.17) is 9.84 Å². The highest BCUT2D eigenvalue weighted by atomic mass is 16.5. The maximum absolute atomic E-state index is 10.7. The molecule has 1 atom stereocenters. The fourth-order valence-electron chi connectivity index (χ4n) is 0.685. The average Bonchev–Trinajstić information content (AvgIpc) is 2.33. The number of carbonyl (C=O) groups excluding carboxylic acids is 2. The molecule has 0 aliphatic heterocycles. The van der Waals surface area contributed by atoms with Gasteiger partial charge < -0.3 is 14.6 Å². The number of aliphatic hydroxyl groups excluding tert-OH is 1. The third-order valence-electron chi connectivity index (χ3n) is 1.70. The molecule has 0 saturated carbocycles. The molecule has 0 aromatic carbocycles. The van der Waals surface area contributed by atoms with E-state index in [9.17, 15) is 9.59 Å². The Hall–Kier alpha value is -1.62. The molecule has 0 aromatic rings. The van der Waals surface area contributed by atoms with E-state index in [1.807, 2.05) is 13.8 Å². The van der Waals surface area contributed by atoms with E-state index in [0.29, 0.717) is 23.7 Å². The SMILES string of the molecule is C=C(C)C(=O)OCC(C)C.C=C(C)C(=O)OCC(C)O. The van der Waals surface area contributed by atoms with E-state index in [0.717, 1.165) is 0 Å². The van der Waals surface area contributed by atoms with Crippen LogP contribution in [-0.4, -0.2) is 36.4 Å². The lowest BCUT2D eigenvalue weighted by Gasteiger charge is -2.05. The zero-order chi connectivity index (χ0) is 16.3. The number of hydrogen-bond donors (Lipinski definition) is 1. The molecule has 0 heterocycles. The molecule has 0 spiro atoms. The predicted octanol–water partition coefficient (Wildman–Crippen LogP) is 2.25. The van der Waals surface area contributed by atoms with Crippen LogP contribution in [0.1, 0.15) is 34.6 Å². The molecular formula is C15H26O5. The molecule has 0 fully saturated rings. The van der Waals surface area contributed by atoms with Gasteiger partial charge in [0.05, 0.1) is 12.7 Å². The standard InChI is InChI=1S/C8H14O2.C7H12O3/c1-6(2)5-10-8(9)7(3)4;1-5(2)7(9)10-4-6(3)8/h6H,3,5H2,1-2,4H3;6,8H,1,4H2,2-3H3. The van der Waals surface area contributed by atoms with Crippen LogP contribution in [-0.2, 0) is 19.1 Å². The lowest BCUT2D eigenvalue weighted by atomic mass is 10.2. The second kappa shape index (κ2) is 11.2. The molecule has 0 amide bonds. The van der Waals surface area contributed by atoms with Crippen molar-refractivity contribution >= 4 is 11.9 Å². The van der Waals surface area contributed by atoms with E-state index in [2.05, 4.69) is 17.9 Å². The molecule has 116 valence electrons. The van der Waals surface area contributed by atoms with E-state index in [1.54, 1.807) is 20.8 Å². The molecule has 5 heteroatoms. The van der Waals surface area contributed by atoms with Crippen molar-refractivity contribution in [1.29, 1.82) is 0 Å². The van der Waals surface area contributed by atoms with Gasteiger partial charge >= 0.3 is 11.9 Å². The van der Waals surface area contributed by atoms with Crippen molar-refractivity contribution < 1.29 is 24.2 Å². The van der Waals surface area contributed by atoms with Gasteiger partial charge in [0.2, 0.25) is 0 Å². The smallest absolute Gasteiger partial charge is 0.333 e. The van der Waals surface area contributed by atoms with Gasteiger partial charge in [0.25, 0.3) is 0 Å². The summed E-state index contributed by atoms with van der Waals surface area (Å²) in [6, 6.07) is 0. The Morgan fingerprint density at radius 2 is 1.30 bits per heavy atom. The number of esters is 2. The Morgan fingerprint density at radius 1 is 0.950 bits per heavy atom. The normalized spacial score (nSPS) is 10.9. The van der Waals surface area contributed by atoms with Crippen molar-refractivity contribution in [2.75, 3.05) is 13.2 Å². The molecule has 0 saturated heterocycles. The minimum Gasteiger partial charge on any atom is -0.462 e. The van der Waals surface area contributed by atoms with Gasteiger partial charge in [0.15, 0.2) is 0 Å². The average molecular weight is 286 g/mol. The number of ether oxygens (including phenoxy) is 2. The van der Waals surface area contributed by atoms with Crippen LogP contribution < -0.4 is 0 Å². The predicted molar refractivity (Wildman–Crippen MR) is 78.1 cm³/mol. The lowest BCUT2D eigenvalue weighted by Crippen LogP contribution is -2.15. The fraction of sp³-hybridized carbons (Fsp3) is 0.600. The molecule has 0 radical (unpaired) electrons. The van der Waals surface area contributed by atoms with Crippen LogP contribution in [0.25, 0.3) is 0 Å². The molecule has 0 aliphatic rings. The molecule has 0 rings (SSSR count). The summed E-state index contributed by atoms with van der Waals surface area (Å²) < 4.78 is 9.40. The van der Waals surface area contributed by atoms with Crippen LogP contribution in [0.15, 0.2) is 24.3 Å². The summed E-state index contributed by atoms with van der Waals surface area (Å²) in [6.45, 7) is 16.1. The highest BCUT2D eigenvalue weighted by Gasteiger charge is 2.04. The van der Waals surface area contributed by atoms with Gasteiger partial charge in [-0.25, -0.2) is 9.59 Å². The van der Waals surface area contributed by atoms with Gasteiger partial charge in [-0.1, -0.05) is 27.0 Å². The van der Waals surface area contributed by atoms with Gasteiger partial charge in [0.1, 0.15) is 6.61 Å².